The minimum atomic E-state index is 0.0784. The van der Waals surface area contributed by atoms with E-state index in [1.807, 2.05) is 44.0 Å². The highest BCUT2D eigenvalue weighted by molar-refractivity contribution is 5.92. The zero-order valence-electron chi connectivity index (χ0n) is 14.7. The molecule has 0 N–H and O–H groups in total. The van der Waals surface area contributed by atoms with Gasteiger partial charge in [0, 0.05) is 20.1 Å². The predicted molar refractivity (Wildman–Crippen MR) is 93.4 cm³/mol. The van der Waals surface area contributed by atoms with Gasteiger partial charge in [-0.15, -0.1) is 0 Å². The Labute approximate surface area is 143 Å². The van der Waals surface area contributed by atoms with Crippen LogP contribution in [0.2, 0.25) is 0 Å². The molecular weight excluding hydrogens is 302 g/mol. The van der Waals surface area contributed by atoms with Gasteiger partial charge in [-0.1, -0.05) is 18.2 Å². The van der Waals surface area contributed by atoms with Gasteiger partial charge in [-0.2, -0.15) is 5.10 Å². The second-order valence-electron chi connectivity index (χ2n) is 6.33. The number of amides is 1. The average molecular weight is 327 g/mol. The monoisotopic (exact) mass is 327 g/mol. The number of benzene rings is 1. The lowest BCUT2D eigenvalue weighted by atomic mass is 9.88. The number of carbonyl (C=O) groups is 1. The summed E-state index contributed by atoms with van der Waals surface area (Å²) in [6, 6.07) is 10.1. The maximum Gasteiger partial charge on any atom is 0.272 e. The lowest BCUT2D eigenvalue weighted by molar-refractivity contribution is 0.0701. The fourth-order valence-corrected chi connectivity index (χ4v) is 3.47. The molecule has 128 valence electrons. The molecule has 24 heavy (non-hydrogen) atoms. The Balaban J connectivity index is 1.68. The SMILES string of the molecule is CCOc1ccccc1C1CCN(C(=O)c2cc(C)nn2C)CC1. The molecule has 5 nitrogen and oxygen atoms in total. The van der Waals surface area contributed by atoms with Crippen molar-refractivity contribution in [2.24, 2.45) is 7.05 Å². The van der Waals surface area contributed by atoms with Crippen LogP contribution in [-0.2, 0) is 7.05 Å². The maximum atomic E-state index is 12.7. The number of ether oxygens (including phenoxy) is 1. The molecule has 5 heteroatoms. The van der Waals surface area contributed by atoms with Gasteiger partial charge >= 0.3 is 0 Å². The van der Waals surface area contributed by atoms with Gasteiger partial charge in [0.15, 0.2) is 0 Å². The van der Waals surface area contributed by atoms with Crippen LogP contribution in [0.3, 0.4) is 0 Å². The van der Waals surface area contributed by atoms with Crippen molar-refractivity contribution in [2.75, 3.05) is 19.7 Å². The highest BCUT2D eigenvalue weighted by Crippen LogP contribution is 2.34. The highest BCUT2D eigenvalue weighted by Gasteiger charge is 2.27. The van der Waals surface area contributed by atoms with Crippen LogP contribution in [0, 0.1) is 6.92 Å². The summed E-state index contributed by atoms with van der Waals surface area (Å²) in [6.45, 7) is 6.14. The van der Waals surface area contributed by atoms with E-state index < -0.39 is 0 Å². The van der Waals surface area contributed by atoms with E-state index in [9.17, 15) is 4.79 Å². The number of piperidine rings is 1. The normalized spacial score (nSPS) is 15.5. The van der Waals surface area contributed by atoms with Crippen LogP contribution in [0.1, 0.15) is 47.4 Å². The Hall–Kier alpha value is -2.30. The largest absolute Gasteiger partial charge is 0.494 e. The van der Waals surface area contributed by atoms with Crippen molar-refractivity contribution >= 4 is 5.91 Å². The molecular formula is C19H25N3O2. The Morgan fingerprint density at radius 3 is 2.62 bits per heavy atom. The number of hydrogen-bond acceptors (Lipinski definition) is 3. The van der Waals surface area contributed by atoms with Crippen molar-refractivity contribution < 1.29 is 9.53 Å². The number of para-hydroxylation sites is 1. The minimum absolute atomic E-state index is 0.0784. The quantitative estimate of drug-likeness (QED) is 0.867. The molecule has 0 aliphatic carbocycles. The molecule has 1 saturated heterocycles. The van der Waals surface area contributed by atoms with Crippen molar-refractivity contribution in [3.05, 3.63) is 47.3 Å². The fourth-order valence-electron chi connectivity index (χ4n) is 3.47. The summed E-state index contributed by atoms with van der Waals surface area (Å²) in [5, 5.41) is 4.27. The molecule has 1 aliphatic rings. The molecule has 2 heterocycles. The number of aromatic nitrogens is 2. The Kier molecular flexibility index (Phi) is 4.88. The second kappa shape index (κ2) is 7.07. The van der Waals surface area contributed by atoms with Crippen molar-refractivity contribution in [2.45, 2.75) is 32.6 Å². The van der Waals surface area contributed by atoms with E-state index in [1.165, 1.54) is 5.56 Å². The van der Waals surface area contributed by atoms with E-state index in [0.717, 1.165) is 37.4 Å². The molecule has 3 rings (SSSR count). The summed E-state index contributed by atoms with van der Waals surface area (Å²) < 4.78 is 7.43. The van der Waals surface area contributed by atoms with E-state index in [1.54, 1.807) is 4.68 Å². The van der Waals surface area contributed by atoms with Gasteiger partial charge < -0.3 is 9.64 Å². The maximum absolute atomic E-state index is 12.7. The molecule has 0 saturated carbocycles. The van der Waals surface area contributed by atoms with Crippen LogP contribution < -0.4 is 4.74 Å². The molecule has 0 unspecified atom stereocenters. The van der Waals surface area contributed by atoms with E-state index in [0.29, 0.717) is 18.2 Å². The van der Waals surface area contributed by atoms with Crippen LogP contribution in [0.4, 0.5) is 0 Å². The zero-order chi connectivity index (χ0) is 17.1. The van der Waals surface area contributed by atoms with Gasteiger partial charge in [-0.25, -0.2) is 0 Å². The number of nitrogens with zero attached hydrogens (tertiary/aromatic N) is 3. The number of hydrogen-bond donors (Lipinski definition) is 0. The van der Waals surface area contributed by atoms with Crippen LogP contribution in [0.5, 0.6) is 5.75 Å². The zero-order valence-corrected chi connectivity index (χ0v) is 14.7. The molecule has 1 aliphatic heterocycles. The third-order valence-corrected chi connectivity index (χ3v) is 4.66. The minimum Gasteiger partial charge on any atom is -0.494 e. The Morgan fingerprint density at radius 1 is 1.29 bits per heavy atom. The molecule has 0 radical (unpaired) electrons. The van der Waals surface area contributed by atoms with E-state index in [-0.39, 0.29) is 5.91 Å². The van der Waals surface area contributed by atoms with Crippen LogP contribution in [0.25, 0.3) is 0 Å². The second-order valence-corrected chi connectivity index (χ2v) is 6.33. The summed E-state index contributed by atoms with van der Waals surface area (Å²) >= 11 is 0. The first-order valence-corrected chi connectivity index (χ1v) is 8.61. The van der Waals surface area contributed by atoms with E-state index in [2.05, 4.69) is 17.2 Å². The number of rotatable bonds is 4. The van der Waals surface area contributed by atoms with Gasteiger partial charge in [-0.05, 0) is 50.3 Å². The van der Waals surface area contributed by atoms with Gasteiger partial charge in [0.1, 0.15) is 11.4 Å². The lowest BCUT2D eigenvalue weighted by Crippen LogP contribution is -2.38. The molecule has 0 atom stereocenters. The summed E-state index contributed by atoms with van der Waals surface area (Å²) in [6.07, 6.45) is 1.93. The van der Waals surface area contributed by atoms with Crippen LogP contribution in [0.15, 0.2) is 30.3 Å². The number of carbonyl (C=O) groups excluding carboxylic acids is 1. The van der Waals surface area contributed by atoms with E-state index >= 15 is 0 Å². The average Bonchev–Trinajstić information content (AvgIpc) is 2.93. The summed E-state index contributed by atoms with van der Waals surface area (Å²) in [5.74, 6) is 1.51. The third kappa shape index (κ3) is 3.30. The first-order chi connectivity index (χ1) is 11.6. The van der Waals surface area contributed by atoms with Gasteiger partial charge in [0.2, 0.25) is 0 Å². The van der Waals surface area contributed by atoms with Crippen molar-refractivity contribution in [3.63, 3.8) is 0 Å². The smallest absolute Gasteiger partial charge is 0.272 e. The Bertz CT molecular complexity index is 715. The Morgan fingerprint density at radius 2 is 2.00 bits per heavy atom. The van der Waals surface area contributed by atoms with Gasteiger partial charge in [-0.3, -0.25) is 9.48 Å². The summed E-state index contributed by atoms with van der Waals surface area (Å²) in [7, 11) is 1.82. The topological polar surface area (TPSA) is 47.4 Å². The van der Waals surface area contributed by atoms with Crippen LogP contribution in [-0.4, -0.2) is 40.3 Å². The van der Waals surface area contributed by atoms with Crippen LogP contribution >= 0.6 is 0 Å². The molecule has 1 aromatic carbocycles. The summed E-state index contributed by atoms with van der Waals surface area (Å²) in [5.41, 5.74) is 2.81. The first-order valence-electron chi connectivity index (χ1n) is 8.61. The molecule has 0 bridgehead atoms. The fraction of sp³-hybridized carbons (Fsp3) is 0.474. The van der Waals surface area contributed by atoms with Crippen molar-refractivity contribution in [3.8, 4) is 5.75 Å². The van der Waals surface area contributed by atoms with Crippen molar-refractivity contribution in [1.29, 1.82) is 0 Å². The lowest BCUT2D eigenvalue weighted by Gasteiger charge is -2.32. The first kappa shape index (κ1) is 16.6. The number of aryl methyl sites for hydroxylation is 2. The highest BCUT2D eigenvalue weighted by atomic mass is 16.5. The predicted octanol–water partition coefficient (Wildman–Crippen LogP) is 3.15. The molecule has 1 fully saturated rings. The molecule has 1 amide bonds. The van der Waals surface area contributed by atoms with E-state index in [4.69, 9.17) is 4.74 Å². The van der Waals surface area contributed by atoms with Gasteiger partial charge in [0.25, 0.3) is 5.91 Å². The van der Waals surface area contributed by atoms with Gasteiger partial charge in [0.05, 0.1) is 12.3 Å². The molecule has 1 aromatic heterocycles. The summed E-state index contributed by atoms with van der Waals surface area (Å²) in [4.78, 5) is 14.6. The third-order valence-electron chi connectivity index (χ3n) is 4.66. The molecule has 0 spiro atoms. The molecule has 2 aromatic rings. The standard InChI is InChI=1S/C19H25N3O2/c1-4-24-18-8-6-5-7-16(18)15-9-11-22(12-10-15)19(23)17-13-14(2)20-21(17)3/h5-8,13,15H,4,9-12H2,1-3H3. The number of likely N-dealkylation sites (tertiary alicyclic amines) is 1. The van der Waals surface area contributed by atoms with Crippen molar-refractivity contribution in [1.82, 2.24) is 14.7 Å².